The number of carbonyl (C=O) groups excluding carboxylic acids is 1. The van der Waals surface area contributed by atoms with Gasteiger partial charge in [-0.05, 0) is 70.4 Å². The van der Waals surface area contributed by atoms with Crippen LogP contribution in [0.5, 0.6) is 0 Å². The summed E-state index contributed by atoms with van der Waals surface area (Å²) in [5.41, 5.74) is 0. The summed E-state index contributed by atoms with van der Waals surface area (Å²) in [5, 5.41) is 0. The molecule has 134 valence electrons. The Morgan fingerprint density at radius 2 is 1.78 bits per heavy atom. The summed E-state index contributed by atoms with van der Waals surface area (Å²) in [4.78, 5) is 17.0. The number of hydrogen-bond donors (Lipinski definition) is 0. The Bertz CT molecular complexity index is 362. The average molecular weight is 325 g/mol. The van der Waals surface area contributed by atoms with E-state index in [9.17, 15) is 4.79 Å². The first-order chi connectivity index (χ1) is 11.0. The van der Waals surface area contributed by atoms with Crippen LogP contribution in [0.25, 0.3) is 0 Å². The maximum absolute atomic E-state index is 12.6. The van der Waals surface area contributed by atoms with Crippen molar-refractivity contribution in [1.82, 2.24) is 9.80 Å². The lowest BCUT2D eigenvalue weighted by Crippen LogP contribution is -2.47. The maximum atomic E-state index is 12.6. The molecule has 4 heteroatoms. The van der Waals surface area contributed by atoms with E-state index in [1.807, 2.05) is 0 Å². The van der Waals surface area contributed by atoms with Crippen molar-refractivity contribution in [1.29, 1.82) is 0 Å². The minimum Gasteiger partial charge on any atom is -0.378 e. The van der Waals surface area contributed by atoms with Crippen molar-refractivity contribution in [2.45, 2.75) is 59.5 Å². The molecule has 2 heterocycles. The van der Waals surface area contributed by atoms with Crippen LogP contribution in [0.3, 0.4) is 0 Å². The van der Waals surface area contributed by atoms with E-state index in [1.165, 1.54) is 19.3 Å². The lowest BCUT2D eigenvalue weighted by molar-refractivity contribution is -0.135. The van der Waals surface area contributed by atoms with Crippen molar-refractivity contribution < 1.29 is 9.53 Å². The van der Waals surface area contributed by atoms with E-state index in [0.717, 1.165) is 51.0 Å². The summed E-state index contributed by atoms with van der Waals surface area (Å²) in [7, 11) is 0. The van der Waals surface area contributed by atoms with Gasteiger partial charge in [0, 0.05) is 13.1 Å². The molecule has 1 unspecified atom stereocenters. The van der Waals surface area contributed by atoms with Crippen molar-refractivity contribution in [3.63, 3.8) is 0 Å². The molecular formula is C19H36N2O2. The molecule has 0 spiro atoms. The molecule has 0 N–H and O–H groups in total. The van der Waals surface area contributed by atoms with Gasteiger partial charge in [0.15, 0.2) is 0 Å². The zero-order chi connectivity index (χ0) is 16.8. The minimum absolute atomic E-state index is 0.281. The average Bonchev–Trinajstić information content (AvgIpc) is 2.53. The minimum atomic E-state index is 0.281. The van der Waals surface area contributed by atoms with Gasteiger partial charge in [0.05, 0.1) is 19.3 Å². The van der Waals surface area contributed by atoms with Crippen molar-refractivity contribution in [3.05, 3.63) is 0 Å². The molecule has 2 fully saturated rings. The van der Waals surface area contributed by atoms with Gasteiger partial charge >= 0.3 is 0 Å². The predicted molar refractivity (Wildman–Crippen MR) is 94.4 cm³/mol. The van der Waals surface area contributed by atoms with Gasteiger partial charge < -0.3 is 9.64 Å². The van der Waals surface area contributed by atoms with Crippen molar-refractivity contribution in [3.8, 4) is 0 Å². The molecule has 2 aliphatic rings. The second kappa shape index (κ2) is 9.03. The Kier molecular flexibility index (Phi) is 7.35. The van der Waals surface area contributed by atoms with Crippen LogP contribution < -0.4 is 0 Å². The normalized spacial score (nSPS) is 24.6. The highest BCUT2D eigenvalue weighted by molar-refractivity contribution is 5.78. The molecule has 0 aromatic rings. The molecule has 23 heavy (non-hydrogen) atoms. The van der Waals surface area contributed by atoms with Crippen LogP contribution in [0, 0.1) is 17.8 Å². The zero-order valence-electron chi connectivity index (χ0n) is 15.6. The van der Waals surface area contributed by atoms with Gasteiger partial charge in [-0.3, -0.25) is 9.69 Å². The summed E-state index contributed by atoms with van der Waals surface area (Å²) in [6, 6.07) is 0. The summed E-state index contributed by atoms with van der Waals surface area (Å²) < 4.78 is 5.75. The van der Waals surface area contributed by atoms with Gasteiger partial charge in [0.25, 0.3) is 0 Å². The first-order valence-corrected chi connectivity index (χ1v) is 9.57. The molecule has 1 amide bonds. The number of piperidine rings is 2. The second-order valence-electron chi connectivity index (χ2n) is 8.09. The largest absolute Gasteiger partial charge is 0.378 e. The smallest absolute Gasteiger partial charge is 0.236 e. The van der Waals surface area contributed by atoms with Crippen LogP contribution in [0.2, 0.25) is 0 Å². The highest BCUT2D eigenvalue weighted by Gasteiger charge is 2.27. The molecule has 0 saturated carbocycles. The third kappa shape index (κ3) is 6.07. The van der Waals surface area contributed by atoms with Crippen LogP contribution in [-0.4, -0.2) is 61.1 Å². The van der Waals surface area contributed by atoms with Gasteiger partial charge in [0.2, 0.25) is 5.91 Å². The van der Waals surface area contributed by atoms with E-state index in [-0.39, 0.29) is 6.10 Å². The van der Waals surface area contributed by atoms with Gasteiger partial charge in [-0.1, -0.05) is 13.8 Å². The van der Waals surface area contributed by atoms with Crippen molar-refractivity contribution in [2.24, 2.45) is 17.8 Å². The quantitative estimate of drug-likeness (QED) is 0.753. The number of likely N-dealkylation sites (tertiary alicyclic amines) is 2. The fourth-order valence-corrected chi connectivity index (χ4v) is 3.83. The van der Waals surface area contributed by atoms with Crippen LogP contribution in [-0.2, 0) is 9.53 Å². The second-order valence-corrected chi connectivity index (χ2v) is 8.09. The number of carbonyl (C=O) groups is 1. The first kappa shape index (κ1) is 18.7. The summed E-state index contributed by atoms with van der Waals surface area (Å²) in [6.45, 7) is 14.2. The van der Waals surface area contributed by atoms with Crippen LogP contribution in [0.1, 0.15) is 53.4 Å². The molecule has 4 nitrogen and oxygen atoms in total. The number of nitrogens with zero attached hydrogens (tertiary/aromatic N) is 2. The molecular weight excluding hydrogens is 288 g/mol. The Morgan fingerprint density at radius 1 is 1.09 bits per heavy atom. The molecule has 0 aliphatic carbocycles. The van der Waals surface area contributed by atoms with Crippen molar-refractivity contribution >= 4 is 5.91 Å². The monoisotopic (exact) mass is 324 g/mol. The third-order valence-electron chi connectivity index (χ3n) is 5.47. The van der Waals surface area contributed by atoms with Gasteiger partial charge in [-0.2, -0.15) is 0 Å². The maximum Gasteiger partial charge on any atom is 0.236 e. The highest BCUT2D eigenvalue weighted by atomic mass is 16.5. The topological polar surface area (TPSA) is 32.8 Å². The van der Waals surface area contributed by atoms with Crippen molar-refractivity contribution in [2.75, 3.05) is 39.3 Å². The van der Waals surface area contributed by atoms with Gasteiger partial charge in [0.1, 0.15) is 0 Å². The molecule has 0 aromatic heterocycles. The molecule has 2 aliphatic heterocycles. The Morgan fingerprint density at radius 3 is 2.39 bits per heavy atom. The summed E-state index contributed by atoms with van der Waals surface area (Å²) in [6.07, 6.45) is 5.08. The van der Waals surface area contributed by atoms with Gasteiger partial charge in [-0.15, -0.1) is 0 Å². The first-order valence-electron chi connectivity index (χ1n) is 9.57. The van der Waals surface area contributed by atoms with E-state index < -0.39 is 0 Å². The number of ether oxygens (including phenoxy) is 1. The Hall–Kier alpha value is -0.610. The van der Waals surface area contributed by atoms with Crippen LogP contribution >= 0.6 is 0 Å². The molecule has 0 radical (unpaired) electrons. The lowest BCUT2D eigenvalue weighted by Gasteiger charge is -2.37. The molecule has 0 aromatic carbocycles. The number of rotatable bonds is 6. The van der Waals surface area contributed by atoms with Gasteiger partial charge in [-0.25, -0.2) is 0 Å². The molecule has 2 rings (SSSR count). The van der Waals surface area contributed by atoms with E-state index in [0.29, 0.717) is 18.4 Å². The van der Waals surface area contributed by atoms with E-state index in [2.05, 4.69) is 37.5 Å². The molecule has 0 bridgehead atoms. The number of amides is 1. The van der Waals surface area contributed by atoms with E-state index in [4.69, 9.17) is 4.74 Å². The zero-order valence-corrected chi connectivity index (χ0v) is 15.6. The fourth-order valence-electron chi connectivity index (χ4n) is 3.83. The lowest BCUT2D eigenvalue weighted by atomic mass is 9.87. The Balaban J connectivity index is 1.73. The SMILES string of the molecule is CC(C)OCC1CCCN(C(=O)CN2CCC(C(C)C)CC2)C1. The predicted octanol–water partition coefficient (Wildman–Crippen LogP) is 3.02. The fraction of sp³-hybridized carbons (Fsp3) is 0.947. The van der Waals surface area contributed by atoms with Crippen LogP contribution in [0.15, 0.2) is 0 Å². The molecule has 2 saturated heterocycles. The summed E-state index contributed by atoms with van der Waals surface area (Å²) >= 11 is 0. The van der Waals surface area contributed by atoms with E-state index in [1.54, 1.807) is 0 Å². The van der Waals surface area contributed by atoms with Crippen LogP contribution in [0.4, 0.5) is 0 Å². The van der Waals surface area contributed by atoms with E-state index >= 15 is 0 Å². The highest BCUT2D eigenvalue weighted by Crippen LogP contribution is 2.24. The molecule has 1 atom stereocenters. The number of hydrogen-bond acceptors (Lipinski definition) is 3. The third-order valence-corrected chi connectivity index (χ3v) is 5.47. The standard InChI is InChI=1S/C19H36N2O2/c1-15(2)18-7-10-20(11-8-18)13-19(22)21-9-5-6-17(12-21)14-23-16(3)4/h15-18H,5-14H2,1-4H3. The summed E-state index contributed by atoms with van der Waals surface area (Å²) in [5.74, 6) is 2.45. The Labute approximate surface area is 142 Å².